The lowest BCUT2D eigenvalue weighted by atomic mass is 10.1. The molecule has 2 heterocycles. The fourth-order valence-electron chi connectivity index (χ4n) is 1.96. The summed E-state index contributed by atoms with van der Waals surface area (Å²) in [5.74, 6) is 0.579. The van der Waals surface area contributed by atoms with Crippen molar-refractivity contribution in [3.05, 3.63) is 26.0 Å². The molecule has 0 spiro atoms. The number of fused-ring (bicyclic) bond motifs is 1. The molecule has 1 atom stereocenters. The third-order valence-corrected chi connectivity index (χ3v) is 3.74. The van der Waals surface area contributed by atoms with E-state index < -0.39 is 0 Å². The van der Waals surface area contributed by atoms with Crippen molar-refractivity contribution in [2.75, 3.05) is 12.0 Å². The molecule has 0 fully saturated rings. The van der Waals surface area contributed by atoms with Crippen LogP contribution in [0.15, 0.2) is 13.7 Å². The standard InChI is InChI=1S/C10H13BrN2O2/c1-4-13-6(3)7-5(2)8(11)10(14)15-9(7)12-13/h6,12H,4H2,1-3H3. The first-order valence-corrected chi connectivity index (χ1v) is 5.72. The Balaban J connectivity index is 2.61. The minimum atomic E-state index is -0.330. The molecule has 4 nitrogen and oxygen atoms in total. The van der Waals surface area contributed by atoms with E-state index in [2.05, 4.69) is 35.2 Å². The highest BCUT2D eigenvalue weighted by Gasteiger charge is 2.30. The first kappa shape index (κ1) is 10.7. The molecule has 0 aromatic carbocycles. The van der Waals surface area contributed by atoms with Crippen LogP contribution in [0.1, 0.15) is 31.0 Å². The Morgan fingerprint density at radius 2 is 2.27 bits per heavy atom. The number of hydrogen-bond acceptors (Lipinski definition) is 4. The van der Waals surface area contributed by atoms with Crippen molar-refractivity contribution in [3.63, 3.8) is 0 Å². The largest absolute Gasteiger partial charge is 0.404 e. The van der Waals surface area contributed by atoms with Crippen LogP contribution in [0.3, 0.4) is 0 Å². The molecule has 0 bridgehead atoms. The Kier molecular flexibility index (Phi) is 2.60. The topological polar surface area (TPSA) is 45.5 Å². The Bertz CT molecular complexity index is 455. The van der Waals surface area contributed by atoms with Crippen LogP contribution < -0.4 is 11.1 Å². The minimum Gasteiger partial charge on any atom is -0.404 e. The van der Waals surface area contributed by atoms with E-state index in [0.717, 1.165) is 17.7 Å². The van der Waals surface area contributed by atoms with Gasteiger partial charge in [0, 0.05) is 12.1 Å². The van der Waals surface area contributed by atoms with Gasteiger partial charge in [-0.2, -0.15) is 0 Å². The molecular weight excluding hydrogens is 260 g/mol. The Hall–Kier alpha value is -0.810. The summed E-state index contributed by atoms with van der Waals surface area (Å²) in [4.78, 5) is 11.4. The molecule has 1 aliphatic rings. The van der Waals surface area contributed by atoms with Gasteiger partial charge in [0.2, 0.25) is 5.88 Å². The summed E-state index contributed by atoms with van der Waals surface area (Å²) < 4.78 is 5.70. The molecule has 82 valence electrons. The second-order valence-electron chi connectivity index (χ2n) is 3.65. The number of hydrogen-bond donors (Lipinski definition) is 1. The van der Waals surface area contributed by atoms with Gasteiger partial charge in [-0.3, -0.25) is 5.43 Å². The monoisotopic (exact) mass is 272 g/mol. The number of hydrazine groups is 1. The maximum Gasteiger partial charge on any atom is 0.352 e. The number of halogens is 1. The number of nitrogens with zero attached hydrogens (tertiary/aromatic N) is 1. The van der Waals surface area contributed by atoms with Crippen LogP contribution in [0.2, 0.25) is 0 Å². The summed E-state index contributed by atoms with van der Waals surface area (Å²) in [6, 6.07) is 0.227. The third-order valence-electron chi connectivity index (χ3n) is 2.82. The average molecular weight is 273 g/mol. The third kappa shape index (κ3) is 1.50. The lowest BCUT2D eigenvalue weighted by Crippen LogP contribution is -2.25. The van der Waals surface area contributed by atoms with Gasteiger partial charge in [0.25, 0.3) is 0 Å². The zero-order valence-corrected chi connectivity index (χ0v) is 10.5. The summed E-state index contributed by atoms with van der Waals surface area (Å²) in [5.41, 5.74) is 4.77. The Morgan fingerprint density at radius 1 is 1.60 bits per heavy atom. The predicted octanol–water partition coefficient (Wildman–Crippen LogP) is 2.43. The maximum absolute atomic E-state index is 11.4. The maximum atomic E-state index is 11.4. The number of rotatable bonds is 1. The molecule has 0 saturated heterocycles. The van der Waals surface area contributed by atoms with Crippen LogP contribution in [0.25, 0.3) is 0 Å². The van der Waals surface area contributed by atoms with E-state index in [0.29, 0.717) is 10.4 Å². The highest BCUT2D eigenvalue weighted by Crippen LogP contribution is 2.37. The summed E-state index contributed by atoms with van der Waals surface area (Å²) in [6.07, 6.45) is 0. The van der Waals surface area contributed by atoms with Crippen molar-refractivity contribution < 1.29 is 4.42 Å². The summed E-state index contributed by atoms with van der Waals surface area (Å²) in [7, 11) is 0. The van der Waals surface area contributed by atoms with E-state index in [4.69, 9.17) is 4.42 Å². The van der Waals surface area contributed by atoms with Gasteiger partial charge < -0.3 is 4.42 Å². The van der Waals surface area contributed by atoms with Crippen molar-refractivity contribution >= 4 is 21.8 Å². The molecule has 1 unspecified atom stereocenters. The first-order chi connectivity index (χ1) is 7.06. The summed E-state index contributed by atoms with van der Waals surface area (Å²) in [6.45, 7) is 6.92. The quantitative estimate of drug-likeness (QED) is 0.853. The SMILES string of the molecule is CCN1Nc2oc(=O)c(Br)c(C)c2C1C. The predicted molar refractivity (Wildman–Crippen MR) is 61.8 cm³/mol. The Labute approximate surface area is 96.4 Å². The average Bonchev–Trinajstić information content (AvgIpc) is 2.52. The van der Waals surface area contributed by atoms with Gasteiger partial charge in [-0.15, -0.1) is 0 Å². The lowest BCUT2D eigenvalue weighted by molar-refractivity contribution is 0.291. The smallest absolute Gasteiger partial charge is 0.352 e. The fraction of sp³-hybridized carbons (Fsp3) is 0.500. The van der Waals surface area contributed by atoms with Crippen LogP contribution in [-0.2, 0) is 0 Å². The molecular formula is C10H13BrN2O2. The number of nitrogens with one attached hydrogen (secondary N) is 1. The van der Waals surface area contributed by atoms with Crippen LogP contribution in [0.4, 0.5) is 5.88 Å². The summed E-state index contributed by atoms with van der Waals surface area (Å²) >= 11 is 3.25. The summed E-state index contributed by atoms with van der Waals surface area (Å²) in [5, 5.41) is 2.03. The normalized spacial score (nSPS) is 20.1. The molecule has 5 heteroatoms. The molecule has 1 N–H and O–H groups in total. The highest BCUT2D eigenvalue weighted by atomic mass is 79.9. The molecule has 15 heavy (non-hydrogen) atoms. The molecule has 0 aliphatic carbocycles. The first-order valence-electron chi connectivity index (χ1n) is 4.92. The van der Waals surface area contributed by atoms with E-state index in [1.807, 2.05) is 11.9 Å². The van der Waals surface area contributed by atoms with Gasteiger partial charge in [0.1, 0.15) is 4.47 Å². The van der Waals surface area contributed by atoms with Crippen molar-refractivity contribution in [2.45, 2.75) is 26.8 Å². The zero-order valence-electron chi connectivity index (χ0n) is 8.93. The van der Waals surface area contributed by atoms with E-state index in [-0.39, 0.29) is 11.7 Å². The molecule has 0 saturated carbocycles. The Morgan fingerprint density at radius 3 is 2.87 bits per heavy atom. The fourth-order valence-corrected chi connectivity index (χ4v) is 2.25. The van der Waals surface area contributed by atoms with Crippen LogP contribution in [-0.4, -0.2) is 11.6 Å². The van der Waals surface area contributed by atoms with Crippen molar-refractivity contribution in [2.24, 2.45) is 0 Å². The van der Waals surface area contributed by atoms with Gasteiger partial charge in [-0.05, 0) is 35.3 Å². The zero-order chi connectivity index (χ0) is 11.2. The molecule has 0 radical (unpaired) electrons. The van der Waals surface area contributed by atoms with Crippen LogP contribution in [0, 0.1) is 6.92 Å². The van der Waals surface area contributed by atoms with Crippen molar-refractivity contribution in [1.29, 1.82) is 0 Å². The second kappa shape index (κ2) is 3.64. The van der Waals surface area contributed by atoms with Gasteiger partial charge >= 0.3 is 5.63 Å². The molecule has 1 aromatic heterocycles. The molecule has 1 aliphatic heterocycles. The lowest BCUT2D eigenvalue weighted by Gasteiger charge is -2.18. The highest BCUT2D eigenvalue weighted by molar-refractivity contribution is 9.10. The van der Waals surface area contributed by atoms with Crippen molar-refractivity contribution in [3.8, 4) is 0 Å². The van der Waals surface area contributed by atoms with Gasteiger partial charge in [0.05, 0.1) is 6.04 Å². The van der Waals surface area contributed by atoms with E-state index >= 15 is 0 Å². The van der Waals surface area contributed by atoms with Crippen LogP contribution >= 0.6 is 15.9 Å². The van der Waals surface area contributed by atoms with E-state index in [9.17, 15) is 4.79 Å². The molecule has 1 aromatic rings. The van der Waals surface area contributed by atoms with E-state index in [1.54, 1.807) is 0 Å². The molecule has 0 amide bonds. The minimum absolute atomic E-state index is 0.227. The molecule has 2 rings (SSSR count). The van der Waals surface area contributed by atoms with E-state index in [1.165, 1.54) is 0 Å². The van der Waals surface area contributed by atoms with Gasteiger partial charge in [0.15, 0.2) is 0 Å². The van der Waals surface area contributed by atoms with Crippen molar-refractivity contribution in [1.82, 2.24) is 5.01 Å². The number of anilines is 1. The van der Waals surface area contributed by atoms with Crippen LogP contribution in [0.5, 0.6) is 0 Å². The van der Waals surface area contributed by atoms with Gasteiger partial charge in [-0.1, -0.05) is 6.92 Å². The van der Waals surface area contributed by atoms with Gasteiger partial charge in [-0.25, -0.2) is 9.80 Å². The second-order valence-corrected chi connectivity index (χ2v) is 4.44.